The summed E-state index contributed by atoms with van der Waals surface area (Å²) in [6, 6.07) is 8.97. The van der Waals surface area contributed by atoms with Crippen LogP contribution < -0.4 is 16.0 Å². The van der Waals surface area contributed by atoms with E-state index in [2.05, 4.69) is 5.32 Å². The minimum atomic E-state index is -2.68. The minimum Gasteiger partial charge on any atom is -0.507 e. The Labute approximate surface area is 250 Å². The van der Waals surface area contributed by atoms with Crippen LogP contribution in [0.4, 0.5) is 5.69 Å². The van der Waals surface area contributed by atoms with E-state index < -0.39 is 58.7 Å². The molecule has 0 radical (unpaired) electrons. The number of phenols is 1. The van der Waals surface area contributed by atoms with Crippen molar-refractivity contribution in [1.82, 2.24) is 10.2 Å². The van der Waals surface area contributed by atoms with Crippen molar-refractivity contribution in [3.63, 3.8) is 0 Å². The number of nitrogens with one attached hydrogen (secondary N) is 1. The zero-order valence-electron chi connectivity index (χ0n) is 25.1. The molecule has 230 valence electrons. The number of fused-ring (bicyclic) bond motifs is 3. The fourth-order valence-corrected chi connectivity index (χ4v) is 7.29. The first-order valence-electron chi connectivity index (χ1n) is 14.4. The first kappa shape index (κ1) is 30.7. The number of hydrogen-bond acceptors (Lipinski definition) is 10. The molecule has 6 atom stereocenters. The Balaban J connectivity index is 1.58. The molecule has 11 nitrogen and oxygen atoms in total. The van der Waals surface area contributed by atoms with E-state index in [4.69, 9.17) is 5.73 Å². The van der Waals surface area contributed by atoms with Crippen LogP contribution in [0.25, 0.3) is 5.76 Å². The second-order valence-corrected chi connectivity index (χ2v) is 12.5. The number of likely N-dealkylation sites (N-methyl/N-ethyl adjacent to an activating group) is 1. The number of aryl methyl sites for hydroxylation is 1. The van der Waals surface area contributed by atoms with Gasteiger partial charge in [-0.05, 0) is 57.0 Å². The zero-order valence-corrected chi connectivity index (χ0v) is 25.1. The van der Waals surface area contributed by atoms with E-state index in [9.17, 15) is 34.8 Å². The molecule has 7 N–H and O–H groups in total. The summed E-state index contributed by atoms with van der Waals surface area (Å²) >= 11 is 0. The van der Waals surface area contributed by atoms with Crippen LogP contribution in [0.2, 0.25) is 0 Å². The summed E-state index contributed by atoms with van der Waals surface area (Å²) in [6.45, 7) is 2.82. The third kappa shape index (κ3) is 4.80. The summed E-state index contributed by atoms with van der Waals surface area (Å²) < 4.78 is 0. The standard InChI is InChI=1S/C32H40N4O7/c1-15-6-8-16(9-7-15)13-34-14-18-12-21(35(2)3)19-10-17-11-20-25(36(4)5)28(39)24(31(33)42)30(41)32(20,43)29(40)22(17)27(38)23(19)26(18)37/h6-9,12,17,20,24-25,28,34,37-39,43H,10-11,13-14H2,1-5H3,(H2,33,42)/t17-,20-,24?,25-,28?,32-/m1/s1. The largest absolute Gasteiger partial charge is 0.507 e. The fourth-order valence-electron chi connectivity index (χ4n) is 7.29. The van der Waals surface area contributed by atoms with Gasteiger partial charge in [0.15, 0.2) is 11.4 Å². The van der Waals surface area contributed by atoms with Gasteiger partial charge in [0.05, 0.1) is 11.7 Å². The molecule has 0 aliphatic heterocycles. The molecule has 1 amide bonds. The highest BCUT2D eigenvalue weighted by Gasteiger charge is 2.67. The number of carbonyl (C=O) groups excluding carboxylic acids is 3. The van der Waals surface area contributed by atoms with Crippen LogP contribution in [-0.4, -0.2) is 88.7 Å². The predicted octanol–water partition coefficient (Wildman–Crippen LogP) is 0.793. The maximum Gasteiger partial charge on any atom is 0.230 e. The van der Waals surface area contributed by atoms with Gasteiger partial charge in [0.1, 0.15) is 17.4 Å². The molecule has 0 saturated heterocycles. The molecule has 0 bridgehead atoms. The summed E-state index contributed by atoms with van der Waals surface area (Å²) in [5.41, 5.74) is 6.78. The number of nitrogens with zero attached hydrogens (tertiary/aromatic N) is 2. The van der Waals surface area contributed by atoms with Crippen molar-refractivity contribution in [2.45, 2.75) is 50.6 Å². The number of hydrogen-bond donors (Lipinski definition) is 6. The number of aromatic hydroxyl groups is 1. The van der Waals surface area contributed by atoms with Gasteiger partial charge in [-0.25, -0.2) is 0 Å². The number of anilines is 1. The minimum absolute atomic E-state index is 0.0751. The summed E-state index contributed by atoms with van der Waals surface area (Å²) in [5, 5.41) is 49.3. The van der Waals surface area contributed by atoms with Crippen LogP contribution in [-0.2, 0) is 33.9 Å². The topological polar surface area (TPSA) is 177 Å². The number of aliphatic hydroxyl groups is 3. The van der Waals surface area contributed by atoms with E-state index in [-0.39, 0.29) is 36.3 Å². The first-order valence-corrected chi connectivity index (χ1v) is 14.4. The lowest BCUT2D eigenvalue weighted by atomic mass is 9.54. The molecule has 43 heavy (non-hydrogen) atoms. The predicted molar refractivity (Wildman–Crippen MR) is 160 cm³/mol. The van der Waals surface area contributed by atoms with Crippen LogP contribution in [0.5, 0.6) is 5.75 Å². The van der Waals surface area contributed by atoms with Gasteiger partial charge in [-0.3, -0.25) is 14.4 Å². The lowest BCUT2D eigenvalue weighted by molar-refractivity contribution is -0.184. The van der Waals surface area contributed by atoms with Gasteiger partial charge in [0.25, 0.3) is 0 Å². The normalized spacial score (nSPS) is 28.4. The molecule has 0 spiro atoms. The second-order valence-electron chi connectivity index (χ2n) is 12.5. The van der Waals surface area contributed by atoms with Gasteiger partial charge in [-0.1, -0.05) is 29.8 Å². The molecule has 2 unspecified atom stereocenters. The summed E-state index contributed by atoms with van der Waals surface area (Å²) in [6.07, 6.45) is -1.20. The van der Waals surface area contributed by atoms with Crippen LogP contribution in [0, 0.1) is 24.7 Å². The average Bonchev–Trinajstić information content (AvgIpc) is 2.92. The smallest absolute Gasteiger partial charge is 0.230 e. The molecular weight excluding hydrogens is 552 g/mol. The summed E-state index contributed by atoms with van der Waals surface area (Å²) in [4.78, 5) is 43.3. The number of aliphatic hydroxyl groups excluding tert-OH is 2. The number of ketones is 2. The number of nitrogens with two attached hydrogens (primary N) is 1. The molecule has 2 saturated carbocycles. The van der Waals surface area contributed by atoms with E-state index in [1.54, 1.807) is 19.0 Å². The van der Waals surface area contributed by atoms with Crippen molar-refractivity contribution in [1.29, 1.82) is 0 Å². The summed E-state index contributed by atoms with van der Waals surface area (Å²) in [5.74, 6) is -7.51. The monoisotopic (exact) mass is 592 g/mol. The third-order valence-electron chi connectivity index (χ3n) is 9.39. The molecule has 2 aromatic carbocycles. The van der Waals surface area contributed by atoms with Gasteiger partial charge in [-0.15, -0.1) is 0 Å². The van der Waals surface area contributed by atoms with Gasteiger partial charge in [0.2, 0.25) is 11.7 Å². The van der Waals surface area contributed by atoms with E-state index in [0.717, 1.165) is 16.8 Å². The van der Waals surface area contributed by atoms with Gasteiger partial charge in [0, 0.05) is 56.0 Å². The van der Waals surface area contributed by atoms with E-state index in [0.29, 0.717) is 17.7 Å². The maximum absolute atomic E-state index is 14.1. The fraction of sp³-hybridized carbons (Fsp3) is 0.469. The average molecular weight is 593 g/mol. The van der Waals surface area contributed by atoms with Crippen LogP contribution in [0.1, 0.15) is 34.2 Å². The van der Waals surface area contributed by atoms with Gasteiger partial charge >= 0.3 is 0 Å². The Morgan fingerprint density at radius 3 is 2.33 bits per heavy atom. The van der Waals surface area contributed by atoms with Crippen molar-refractivity contribution in [2.75, 3.05) is 33.1 Å². The number of Topliss-reactive ketones (excluding diaryl/α,β-unsaturated/α-hetero) is 2. The number of carbonyl (C=O) groups is 3. The number of phenolic OH excluding ortho intramolecular Hbond substituents is 1. The van der Waals surface area contributed by atoms with Crippen molar-refractivity contribution in [3.05, 3.63) is 63.7 Å². The highest BCUT2D eigenvalue weighted by atomic mass is 16.3. The molecule has 5 rings (SSSR count). The van der Waals surface area contributed by atoms with Gasteiger partial charge in [-0.2, -0.15) is 0 Å². The lowest BCUT2D eigenvalue weighted by Crippen LogP contribution is -2.73. The molecule has 3 aliphatic rings. The molecule has 0 heterocycles. The first-order chi connectivity index (χ1) is 20.2. The van der Waals surface area contributed by atoms with Crippen molar-refractivity contribution in [2.24, 2.45) is 23.5 Å². The molecule has 0 aromatic heterocycles. The molecule has 11 heteroatoms. The number of amides is 1. The van der Waals surface area contributed by atoms with E-state index in [1.807, 2.05) is 56.3 Å². The van der Waals surface area contributed by atoms with E-state index in [1.165, 1.54) is 0 Å². The number of rotatable bonds is 7. The summed E-state index contributed by atoms with van der Waals surface area (Å²) in [7, 11) is 6.95. The Hall–Kier alpha value is -3.77. The molecule has 2 aromatic rings. The Bertz CT molecular complexity index is 1520. The maximum atomic E-state index is 14.1. The van der Waals surface area contributed by atoms with Crippen LogP contribution >= 0.6 is 0 Å². The highest BCUT2D eigenvalue weighted by Crippen LogP contribution is 2.53. The van der Waals surface area contributed by atoms with Crippen molar-refractivity contribution < 1.29 is 34.8 Å². The van der Waals surface area contributed by atoms with Crippen molar-refractivity contribution >= 4 is 28.9 Å². The zero-order chi connectivity index (χ0) is 31.5. The lowest BCUT2D eigenvalue weighted by Gasteiger charge is -2.53. The second kappa shape index (κ2) is 11.1. The molecule has 2 fully saturated rings. The Morgan fingerprint density at radius 2 is 1.74 bits per heavy atom. The molecular formula is C32H40N4O7. The van der Waals surface area contributed by atoms with Gasteiger partial charge < -0.3 is 41.3 Å². The third-order valence-corrected chi connectivity index (χ3v) is 9.39. The van der Waals surface area contributed by atoms with Crippen molar-refractivity contribution in [3.8, 4) is 5.75 Å². The number of benzene rings is 2. The molecule has 3 aliphatic carbocycles. The highest BCUT2D eigenvalue weighted by molar-refractivity contribution is 6.25. The van der Waals surface area contributed by atoms with E-state index >= 15 is 0 Å². The SMILES string of the molecule is Cc1ccc(CNCc2cc(N(C)C)c3c(c2O)C(O)=C2C(=O)[C@@]4(O)C(=O)C(C(N)=O)C(O)[C@H](N(C)C)[C@H]4C[C@H]2C3)cc1. The number of primary amides is 1. The van der Waals surface area contributed by atoms with Crippen LogP contribution in [0.15, 0.2) is 35.9 Å². The van der Waals surface area contributed by atoms with Crippen LogP contribution in [0.3, 0.4) is 0 Å². The quantitative estimate of drug-likeness (QED) is 0.252. The Kier molecular flexibility index (Phi) is 7.89. The Morgan fingerprint density at radius 1 is 1.09 bits per heavy atom.